The summed E-state index contributed by atoms with van der Waals surface area (Å²) in [4.78, 5) is 14.4. The lowest BCUT2D eigenvalue weighted by molar-refractivity contribution is -0.148. The van der Waals surface area contributed by atoms with Crippen molar-refractivity contribution in [2.24, 2.45) is 0 Å². The molecule has 0 aliphatic carbocycles. The van der Waals surface area contributed by atoms with Gasteiger partial charge < -0.3 is 15.0 Å². The minimum absolute atomic E-state index is 0.154. The summed E-state index contributed by atoms with van der Waals surface area (Å²) >= 11 is 0. The van der Waals surface area contributed by atoms with Crippen molar-refractivity contribution in [1.29, 1.82) is 0 Å². The molecule has 4 nitrogen and oxygen atoms in total. The maximum absolute atomic E-state index is 12.2. The first-order valence-corrected chi connectivity index (χ1v) is 6.35. The van der Waals surface area contributed by atoms with Gasteiger partial charge >= 0.3 is 5.97 Å². The molecule has 1 aliphatic rings. The van der Waals surface area contributed by atoms with E-state index in [0.29, 0.717) is 13.2 Å². The molecule has 18 heavy (non-hydrogen) atoms. The van der Waals surface area contributed by atoms with Crippen LogP contribution in [-0.4, -0.2) is 43.2 Å². The summed E-state index contributed by atoms with van der Waals surface area (Å²) < 4.78 is 5.22. The Bertz CT molecular complexity index is 408. The van der Waals surface area contributed by atoms with Gasteiger partial charge in [0.15, 0.2) is 0 Å². The van der Waals surface area contributed by atoms with Crippen LogP contribution in [0.4, 0.5) is 5.69 Å². The van der Waals surface area contributed by atoms with Crippen LogP contribution in [0.3, 0.4) is 0 Å². The van der Waals surface area contributed by atoms with E-state index in [2.05, 4.69) is 10.2 Å². The fourth-order valence-electron chi connectivity index (χ4n) is 2.39. The molecule has 1 N–H and O–H groups in total. The highest BCUT2D eigenvalue weighted by Gasteiger charge is 2.44. The van der Waals surface area contributed by atoms with Crippen LogP contribution in [0.1, 0.15) is 13.3 Å². The first-order chi connectivity index (χ1) is 8.66. The van der Waals surface area contributed by atoms with Crippen LogP contribution in [-0.2, 0) is 9.53 Å². The van der Waals surface area contributed by atoms with Crippen molar-refractivity contribution >= 4 is 11.7 Å². The van der Waals surface area contributed by atoms with Crippen molar-refractivity contribution < 1.29 is 9.53 Å². The molecule has 0 bridgehead atoms. The molecule has 1 aromatic carbocycles. The number of esters is 1. The molecule has 98 valence electrons. The van der Waals surface area contributed by atoms with Gasteiger partial charge in [0.05, 0.1) is 6.61 Å². The van der Waals surface area contributed by atoms with E-state index in [1.165, 1.54) is 0 Å². The molecule has 1 aromatic rings. The van der Waals surface area contributed by atoms with Gasteiger partial charge in [-0.05, 0) is 32.5 Å². The number of anilines is 1. The number of ether oxygens (including phenoxy) is 1. The van der Waals surface area contributed by atoms with Crippen molar-refractivity contribution in [3.05, 3.63) is 30.3 Å². The molecule has 0 spiro atoms. The van der Waals surface area contributed by atoms with Crippen LogP contribution in [0.15, 0.2) is 30.3 Å². The van der Waals surface area contributed by atoms with Gasteiger partial charge in [-0.2, -0.15) is 0 Å². The predicted molar refractivity (Wildman–Crippen MR) is 71.5 cm³/mol. The Morgan fingerprint density at radius 3 is 2.72 bits per heavy atom. The van der Waals surface area contributed by atoms with Crippen LogP contribution in [0, 0.1) is 0 Å². The maximum atomic E-state index is 12.2. The average molecular weight is 248 g/mol. The molecule has 1 aliphatic heterocycles. The summed E-state index contributed by atoms with van der Waals surface area (Å²) in [6.07, 6.45) is 0.775. The van der Waals surface area contributed by atoms with Gasteiger partial charge in [0.1, 0.15) is 5.54 Å². The van der Waals surface area contributed by atoms with Gasteiger partial charge in [0.2, 0.25) is 0 Å². The number of nitrogens with zero attached hydrogens (tertiary/aromatic N) is 1. The number of para-hydroxylation sites is 1. The van der Waals surface area contributed by atoms with Gasteiger partial charge in [-0.1, -0.05) is 18.2 Å². The number of likely N-dealkylation sites (N-methyl/N-ethyl adjacent to an activating group) is 1. The first-order valence-electron chi connectivity index (χ1n) is 6.35. The molecule has 0 radical (unpaired) electrons. The second-order valence-corrected chi connectivity index (χ2v) is 4.78. The van der Waals surface area contributed by atoms with Gasteiger partial charge in [0.25, 0.3) is 0 Å². The fourth-order valence-corrected chi connectivity index (χ4v) is 2.39. The molecule has 1 fully saturated rings. The van der Waals surface area contributed by atoms with E-state index in [-0.39, 0.29) is 5.97 Å². The normalized spacial score (nSPS) is 23.9. The highest BCUT2D eigenvalue weighted by molar-refractivity contribution is 5.85. The fraction of sp³-hybridized carbons (Fsp3) is 0.500. The molecule has 1 unspecified atom stereocenters. The Hall–Kier alpha value is -1.55. The van der Waals surface area contributed by atoms with E-state index in [4.69, 9.17) is 4.74 Å². The SMILES string of the molecule is CCOC(=O)C1(Nc2ccccc2)CCN(C)C1. The lowest BCUT2D eigenvalue weighted by Crippen LogP contribution is -2.49. The summed E-state index contributed by atoms with van der Waals surface area (Å²) in [6.45, 7) is 3.84. The maximum Gasteiger partial charge on any atom is 0.333 e. The number of likely N-dealkylation sites (tertiary alicyclic amines) is 1. The number of rotatable bonds is 4. The monoisotopic (exact) mass is 248 g/mol. The number of carbonyl (C=O) groups is 1. The average Bonchev–Trinajstić information content (AvgIpc) is 2.74. The topological polar surface area (TPSA) is 41.6 Å². The van der Waals surface area contributed by atoms with E-state index in [9.17, 15) is 4.79 Å². The Morgan fingerprint density at radius 2 is 2.17 bits per heavy atom. The van der Waals surface area contributed by atoms with Crippen molar-refractivity contribution in [3.63, 3.8) is 0 Å². The molecular weight excluding hydrogens is 228 g/mol. The molecule has 0 saturated carbocycles. The molecular formula is C14H20N2O2. The third kappa shape index (κ3) is 2.64. The number of nitrogens with one attached hydrogen (secondary N) is 1. The van der Waals surface area contributed by atoms with Gasteiger partial charge in [-0.15, -0.1) is 0 Å². The van der Waals surface area contributed by atoms with Crippen molar-refractivity contribution in [3.8, 4) is 0 Å². The molecule has 1 heterocycles. The number of carbonyl (C=O) groups excluding carboxylic acids is 1. The van der Waals surface area contributed by atoms with E-state index in [1.54, 1.807) is 0 Å². The molecule has 2 rings (SSSR count). The van der Waals surface area contributed by atoms with Crippen LogP contribution in [0.25, 0.3) is 0 Å². The first kappa shape index (κ1) is 12.9. The Kier molecular flexibility index (Phi) is 3.87. The van der Waals surface area contributed by atoms with E-state index >= 15 is 0 Å². The van der Waals surface area contributed by atoms with Crippen LogP contribution in [0.5, 0.6) is 0 Å². The Labute approximate surface area is 108 Å². The van der Waals surface area contributed by atoms with E-state index in [1.807, 2.05) is 44.3 Å². The Morgan fingerprint density at radius 1 is 1.44 bits per heavy atom. The molecule has 0 aromatic heterocycles. The zero-order valence-electron chi connectivity index (χ0n) is 11.0. The second-order valence-electron chi connectivity index (χ2n) is 4.78. The summed E-state index contributed by atoms with van der Waals surface area (Å²) in [6, 6.07) is 9.82. The largest absolute Gasteiger partial charge is 0.464 e. The van der Waals surface area contributed by atoms with Crippen LogP contribution >= 0.6 is 0 Å². The van der Waals surface area contributed by atoms with Crippen LogP contribution < -0.4 is 5.32 Å². The van der Waals surface area contributed by atoms with Crippen LogP contribution in [0.2, 0.25) is 0 Å². The minimum atomic E-state index is -0.605. The standard InChI is InChI=1S/C14H20N2O2/c1-3-18-13(17)14(9-10-16(2)11-14)15-12-7-5-4-6-8-12/h4-8,15H,3,9-11H2,1-2H3. The van der Waals surface area contributed by atoms with Crippen molar-refractivity contribution in [2.45, 2.75) is 18.9 Å². The van der Waals surface area contributed by atoms with Crippen molar-refractivity contribution in [1.82, 2.24) is 4.90 Å². The smallest absolute Gasteiger partial charge is 0.333 e. The molecule has 4 heteroatoms. The number of benzene rings is 1. The number of hydrogen-bond acceptors (Lipinski definition) is 4. The zero-order valence-corrected chi connectivity index (χ0v) is 11.0. The Balaban J connectivity index is 2.18. The third-order valence-corrected chi connectivity index (χ3v) is 3.28. The summed E-state index contributed by atoms with van der Waals surface area (Å²) in [5.41, 5.74) is 0.354. The molecule has 1 saturated heterocycles. The van der Waals surface area contributed by atoms with Gasteiger partial charge in [0, 0.05) is 18.8 Å². The van der Waals surface area contributed by atoms with Gasteiger partial charge in [-0.25, -0.2) is 4.79 Å². The zero-order chi connectivity index (χ0) is 13.0. The summed E-state index contributed by atoms with van der Waals surface area (Å²) in [5, 5.41) is 3.35. The van der Waals surface area contributed by atoms with E-state index in [0.717, 1.165) is 18.7 Å². The van der Waals surface area contributed by atoms with Crippen molar-refractivity contribution in [2.75, 3.05) is 32.1 Å². The lowest BCUT2D eigenvalue weighted by atomic mass is 9.98. The highest BCUT2D eigenvalue weighted by Crippen LogP contribution is 2.26. The summed E-state index contributed by atoms with van der Waals surface area (Å²) in [7, 11) is 2.02. The van der Waals surface area contributed by atoms with Gasteiger partial charge in [-0.3, -0.25) is 0 Å². The highest BCUT2D eigenvalue weighted by atomic mass is 16.5. The second kappa shape index (κ2) is 5.40. The van der Waals surface area contributed by atoms with E-state index < -0.39 is 5.54 Å². The third-order valence-electron chi connectivity index (χ3n) is 3.28. The molecule has 1 atom stereocenters. The lowest BCUT2D eigenvalue weighted by Gasteiger charge is -2.29. The quantitative estimate of drug-likeness (QED) is 0.824. The number of hydrogen-bond donors (Lipinski definition) is 1. The predicted octanol–water partition coefficient (Wildman–Crippen LogP) is 1.74. The molecule has 0 amide bonds. The summed E-state index contributed by atoms with van der Waals surface area (Å²) in [5.74, 6) is -0.154. The minimum Gasteiger partial charge on any atom is -0.464 e.